The Hall–Kier alpha value is -1.87. The van der Waals surface area contributed by atoms with Gasteiger partial charge in [0.1, 0.15) is 0 Å². The summed E-state index contributed by atoms with van der Waals surface area (Å²) in [6.07, 6.45) is 0. The Labute approximate surface area is 183 Å². The molecule has 1 heterocycles. The molecule has 1 amide bonds. The van der Waals surface area contributed by atoms with Crippen molar-refractivity contribution in [1.82, 2.24) is 9.62 Å². The number of nitrogens with one attached hydrogen (secondary N) is 2. The molecule has 0 radical (unpaired) electrons. The van der Waals surface area contributed by atoms with Gasteiger partial charge in [-0.25, -0.2) is 13.1 Å². The molecule has 0 unspecified atom stereocenters. The Morgan fingerprint density at radius 1 is 1.13 bits per heavy atom. The number of benzene rings is 2. The second-order valence-electron chi connectivity index (χ2n) is 7.80. The van der Waals surface area contributed by atoms with Gasteiger partial charge in [0, 0.05) is 48.4 Å². The van der Waals surface area contributed by atoms with E-state index in [-0.39, 0.29) is 16.8 Å². The fourth-order valence-corrected chi connectivity index (χ4v) is 5.63. The highest BCUT2D eigenvalue weighted by Gasteiger charge is 2.18. The number of hydrogen-bond donors (Lipinski definition) is 2. The van der Waals surface area contributed by atoms with E-state index in [0.717, 1.165) is 30.9 Å². The molecule has 2 aromatic rings. The van der Waals surface area contributed by atoms with Crippen LogP contribution in [0.4, 0.5) is 5.69 Å². The summed E-state index contributed by atoms with van der Waals surface area (Å²) in [6.45, 7) is 8.60. The van der Waals surface area contributed by atoms with Crippen LogP contribution in [-0.2, 0) is 16.6 Å². The predicted octanol–water partition coefficient (Wildman–Crippen LogP) is 3.48. The Bertz CT molecular complexity index is 1000. The quantitative estimate of drug-likeness (QED) is 0.679. The van der Waals surface area contributed by atoms with Gasteiger partial charge in [0.2, 0.25) is 10.0 Å². The maximum Gasteiger partial charge on any atom is 0.255 e. The molecule has 0 bridgehead atoms. The molecule has 30 heavy (non-hydrogen) atoms. The van der Waals surface area contributed by atoms with Gasteiger partial charge in [-0.2, -0.15) is 11.8 Å². The van der Waals surface area contributed by atoms with Crippen molar-refractivity contribution >= 4 is 33.4 Å². The van der Waals surface area contributed by atoms with Crippen LogP contribution in [-0.4, -0.2) is 49.9 Å². The standard InChI is InChI=1S/C22H29N3O3S2/c1-16(2)24-30(27,28)20-6-4-5-19(14-20)22(26)23-21-8-7-18(13-17(21)3)15-25-9-11-29-12-10-25/h4-8,13-14,16,24H,9-12,15H2,1-3H3,(H,23,26). The Morgan fingerprint density at radius 3 is 2.53 bits per heavy atom. The van der Waals surface area contributed by atoms with Crippen LogP contribution in [0.2, 0.25) is 0 Å². The summed E-state index contributed by atoms with van der Waals surface area (Å²) in [7, 11) is -3.65. The second-order valence-corrected chi connectivity index (χ2v) is 10.7. The molecule has 0 aromatic heterocycles. The zero-order valence-corrected chi connectivity index (χ0v) is 19.3. The van der Waals surface area contributed by atoms with Gasteiger partial charge in [0.05, 0.1) is 4.90 Å². The molecule has 6 nitrogen and oxygen atoms in total. The molecule has 1 aliphatic heterocycles. The number of amides is 1. The van der Waals surface area contributed by atoms with Crippen LogP contribution in [0.3, 0.4) is 0 Å². The lowest BCUT2D eigenvalue weighted by Crippen LogP contribution is -2.31. The van der Waals surface area contributed by atoms with Gasteiger partial charge in [-0.05, 0) is 56.2 Å². The van der Waals surface area contributed by atoms with Gasteiger partial charge < -0.3 is 5.32 Å². The van der Waals surface area contributed by atoms with E-state index in [1.54, 1.807) is 26.0 Å². The second kappa shape index (κ2) is 9.96. The van der Waals surface area contributed by atoms with Gasteiger partial charge in [0.15, 0.2) is 0 Å². The summed E-state index contributed by atoms with van der Waals surface area (Å²) in [5.74, 6) is 2.02. The zero-order valence-electron chi connectivity index (χ0n) is 17.6. The largest absolute Gasteiger partial charge is 0.322 e. The number of sulfonamides is 1. The molecule has 8 heteroatoms. The topological polar surface area (TPSA) is 78.5 Å². The average molecular weight is 448 g/mol. The van der Waals surface area contributed by atoms with Crippen molar-refractivity contribution < 1.29 is 13.2 Å². The molecule has 2 aromatic carbocycles. The third-order valence-corrected chi connectivity index (χ3v) is 7.45. The molecular formula is C22H29N3O3S2. The van der Waals surface area contributed by atoms with E-state index in [1.165, 1.54) is 29.2 Å². The molecule has 1 fully saturated rings. The van der Waals surface area contributed by atoms with Crippen molar-refractivity contribution in [2.45, 2.75) is 38.3 Å². The number of hydrogen-bond acceptors (Lipinski definition) is 5. The molecule has 3 rings (SSSR count). The highest BCUT2D eigenvalue weighted by molar-refractivity contribution is 7.99. The Kier molecular flexibility index (Phi) is 7.57. The van der Waals surface area contributed by atoms with Gasteiger partial charge in [0.25, 0.3) is 5.91 Å². The monoisotopic (exact) mass is 447 g/mol. The van der Waals surface area contributed by atoms with Crippen LogP contribution in [0.25, 0.3) is 0 Å². The van der Waals surface area contributed by atoms with E-state index in [2.05, 4.69) is 21.0 Å². The number of thioether (sulfide) groups is 1. The molecule has 0 saturated carbocycles. The smallest absolute Gasteiger partial charge is 0.255 e. The molecule has 2 N–H and O–H groups in total. The van der Waals surface area contributed by atoms with Crippen molar-refractivity contribution in [2.24, 2.45) is 0 Å². The Morgan fingerprint density at radius 2 is 1.87 bits per heavy atom. The SMILES string of the molecule is Cc1cc(CN2CCSCC2)ccc1NC(=O)c1cccc(S(=O)(=O)NC(C)C)c1. The maximum absolute atomic E-state index is 12.7. The first kappa shape index (κ1) is 22.8. The van der Waals surface area contributed by atoms with Crippen LogP contribution < -0.4 is 10.0 Å². The summed E-state index contributed by atoms with van der Waals surface area (Å²) in [6, 6.07) is 11.9. The summed E-state index contributed by atoms with van der Waals surface area (Å²) in [5.41, 5.74) is 3.24. The summed E-state index contributed by atoms with van der Waals surface area (Å²) in [5, 5.41) is 2.91. The van der Waals surface area contributed by atoms with Gasteiger partial charge in [-0.3, -0.25) is 9.69 Å². The summed E-state index contributed by atoms with van der Waals surface area (Å²) < 4.78 is 27.3. The number of carbonyl (C=O) groups is 1. The van der Waals surface area contributed by atoms with Crippen LogP contribution in [0.1, 0.15) is 35.3 Å². The van der Waals surface area contributed by atoms with Crippen LogP contribution >= 0.6 is 11.8 Å². The van der Waals surface area contributed by atoms with E-state index in [4.69, 9.17) is 0 Å². The minimum atomic E-state index is -3.65. The highest BCUT2D eigenvalue weighted by atomic mass is 32.2. The number of aryl methyl sites for hydroxylation is 1. The van der Waals surface area contributed by atoms with E-state index >= 15 is 0 Å². The van der Waals surface area contributed by atoms with Crippen molar-refractivity contribution in [2.75, 3.05) is 29.9 Å². The fourth-order valence-electron chi connectivity index (χ4n) is 3.36. The lowest BCUT2D eigenvalue weighted by molar-refractivity contribution is 0.102. The van der Waals surface area contributed by atoms with Crippen molar-refractivity contribution in [1.29, 1.82) is 0 Å². The molecule has 0 aliphatic carbocycles. The number of rotatable bonds is 7. The van der Waals surface area contributed by atoms with E-state index in [1.807, 2.05) is 30.8 Å². The first-order chi connectivity index (χ1) is 14.2. The number of carbonyl (C=O) groups excluding carboxylic acids is 1. The number of anilines is 1. The normalized spacial score (nSPS) is 15.3. The van der Waals surface area contributed by atoms with E-state index in [0.29, 0.717) is 5.56 Å². The minimum absolute atomic E-state index is 0.0793. The molecule has 1 aliphatic rings. The van der Waals surface area contributed by atoms with Crippen molar-refractivity contribution in [3.8, 4) is 0 Å². The molecule has 1 saturated heterocycles. The summed E-state index contributed by atoms with van der Waals surface area (Å²) in [4.78, 5) is 15.3. The van der Waals surface area contributed by atoms with E-state index in [9.17, 15) is 13.2 Å². The minimum Gasteiger partial charge on any atom is -0.322 e. The van der Waals surface area contributed by atoms with Crippen LogP contribution in [0.5, 0.6) is 0 Å². The molecule has 0 atom stereocenters. The first-order valence-electron chi connectivity index (χ1n) is 10.1. The van der Waals surface area contributed by atoms with Crippen LogP contribution in [0, 0.1) is 6.92 Å². The van der Waals surface area contributed by atoms with Crippen LogP contribution in [0.15, 0.2) is 47.4 Å². The van der Waals surface area contributed by atoms with Gasteiger partial charge >= 0.3 is 0 Å². The molecule has 162 valence electrons. The van der Waals surface area contributed by atoms with Crippen molar-refractivity contribution in [3.63, 3.8) is 0 Å². The third-order valence-electron chi connectivity index (χ3n) is 4.85. The fraction of sp³-hybridized carbons (Fsp3) is 0.409. The van der Waals surface area contributed by atoms with Gasteiger partial charge in [-0.1, -0.05) is 18.2 Å². The Balaban J connectivity index is 1.70. The average Bonchev–Trinajstić information content (AvgIpc) is 2.70. The third kappa shape index (κ3) is 6.07. The predicted molar refractivity (Wildman–Crippen MR) is 124 cm³/mol. The molecule has 0 spiro atoms. The first-order valence-corrected chi connectivity index (χ1v) is 12.7. The van der Waals surface area contributed by atoms with E-state index < -0.39 is 10.0 Å². The summed E-state index contributed by atoms with van der Waals surface area (Å²) >= 11 is 1.99. The number of nitrogens with zero attached hydrogens (tertiary/aromatic N) is 1. The highest BCUT2D eigenvalue weighted by Crippen LogP contribution is 2.21. The van der Waals surface area contributed by atoms with Gasteiger partial charge in [-0.15, -0.1) is 0 Å². The lowest BCUT2D eigenvalue weighted by Gasteiger charge is -2.26. The van der Waals surface area contributed by atoms with Crippen molar-refractivity contribution in [3.05, 3.63) is 59.2 Å². The molecular weight excluding hydrogens is 418 g/mol. The zero-order chi connectivity index (χ0) is 21.7. The maximum atomic E-state index is 12.7. The lowest BCUT2D eigenvalue weighted by atomic mass is 10.1.